The molecule has 0 saturated heterocycles. The highest BCUT2D eigenvalue weighted by Crippen LogP contribution is 2.46. The Morgan fingerprint density at radius 3 is 2.65 bits per heavy atom. The summed E-state index contributed by atoms with van der Waals surface area (Å²) in [5.74, 6) is 0.486. The number of aryl methyl sites for hydroxylation is 1. The minimum absolute atomic E-state index is 0.178. The van der Waals surface area contributed by atoms with Crippen LogP contribution in [0.2, 0.25) is 0 Å². The summed E-state index contributed by atoms with van der Waals surface area (Å²) in [6.07, 6.45) is 6.84. The van der Waals surface area contributed by atoms with Crippen molar-refractivity contribution in [2.75, 3.05) is 10.2 Å². The predicted molar refractivity (Wildman–Crippen MR) is 154 cm³/mol. The maximum Gasteiger partial charge on any atom is 0.331 e. The van der Waals surface area contributed by atoms with Gasteiger partial charge in [-0.2, -0.15) is 0 Å². The Morgan fingerprint density at radius 2 is 1.90 bits per heavy atom. The molecule has 4 amide bonds. The van der Waals surface area contributed by atoms with E-state index in [0.717, 1.165) is 24.8 Å². The number of ether oxygens (including phenoxy) is 1. The Bertz CT molecular complexity index is 1650. The number of carbonyl (C=O) groups excluding carboxylic acids is 3. The normalized spacial score (nSPS) is 17.8. The minimum Gasteiger partial charge on any atom is -0.439 e. The second kappa shape index (κ2) is 10.4. The molecule has 6 rings (SSSR count). The first-order valence-corrected chi connectivity index (χ1v) is 13.7. The standard InChI is InChI=1S/C29H26N6O4S/c1-3-22(36)32-18-10-7-11-19(18)33-27(37)26-25-24-20(12-13-30-28(24)40-26)35(29(38)34-25)21-15-31-23(14-16(21)2)39-17-8-5-4-6-9-17/h3-6,8-9,12-15,18-19H,1,7,10-11H2,2H3,(H,32,36)(H,33,37)(H,34,38)/t18-,19+/m0/s1. The third-order valence-electron chi connectivity index (χ3n) is 7.06. The fraction of sp³-hybridized carbons (Fsp3) is 0.207. The third kappa shape index (κ3) is 4.64. The second-order valence-electron chi connectivity index (χ2n) is 9.64. The number of anilines is 3. The maximum atomic E-state index is 13.5. The average Bonchev–Trinajstić information content (AvgIpc) is 3.55. The van der Waals surface area contributed by atoms with Crippen LogP contribution in [0, 0.1) is 6.92 Å². The van der Waals surface area contributed by atoms with Crippen molar-refractivity contribution in [1.29, 1.82) is 0 Å². The highest BCUT2D eigenvalue weighted by Gasteiger charge is 2.35. The van der Waals surface area contributed by atoms with Gasteiger partial charge in [-0.1, -0.05) is 24.8 Å². The number of amides is 4. The molecule has 10 nitrogen and oxygen atoms in total. The van der Waals surface area contributed by atoms with E-state index in [1.165, 1.54) is 22.3 Å². The number of pyridine rings is 2. The van der Waals surface area contributed by atoms with Gasteiger partial charge in [0, 0.05) is 24.3 Å². The molecular formula is C29H26N6O4S. The number of carbonyl (C=O) groups is 3. The molecule has 1 saturated carbocycles. The Hall–Kier alpha value is -4.77. The molecule has 1 aromatic carbocycles. The molecule has 2 atom stereocenters. The van der Waals surface area contributed by atoms with Crippen LogP contribution in [0.1, 0.15) is 34.5 Å². The van der Waals surface area contributed by atoms with Crippen LogP contribution in [0.5, 0.6) is 11.6 Å². The molecule has 3 N–H and O–H groups in total. The maximum absolute atomic E-state index is 13.5. The van der Waals surface area contributed by atoms with E-state index in [-0.39, 0.29) is 23.9 Å². The summed E-state index contributed by atoms with van der Waals surface area (Å²) < 4.78 is 5.85. The third-order valence-corrected chi connectivity index (χ3v) is 8.16. The van der Waals surface area contributed by atoms with Gasteiger partial charge in [-0.05, 0) is 56.0 Å². The van der Waals surface area contributed by atoms with Gasteiger partial charge in [0.05, 0.1) is 28.6 Å². The summed E-state index contributed by atoms with van der Waals surface area (Å²) in [4.78, 5) is 50.2. The first kappa shape index (κ1) is 25.5. The van der Waals surface area contributed by atoms with Crippen molar-refractivity contribution < 1.29 is 19.1 Å². The summed E-state index contributed by atoms with van der Waals surface area (Å²) in [5, 5.41) is 9.55. The lowest BCUT2D eigenvalue weighted by Crippen LogP contribution is -2.48. The molecule has 1 fully saturated rings. The Kier molecular flexibility index (Phi) is 6.64. The van der Waals surface area contributed by atoms with Gasteiger partial charge in [-0.15, -0.1) is 11.3 Å². The van der Waals surface area contributed by atoms with Crippen LogP contribution in [-0.4, -0.2) is 39.9 Å². The van der Waals surface area contributed by atoms with Gasteiger partial charge in [-0.25, -0.2) is 14.8 Å². The van der Waals surface area contributed by atoms with Gasteiger partial charge in [0.2, 0.25) is 11.8 Å². The van der Waals surface area contributed by atoms with Crippen LogP contribution in [0.15, 0.2) is 67.5 Å². The lowest BCUT2D eigenvalue weighted by Gasteiger charge is -2.29. The summed E-state index contributed by atoms with van der Waals surface area (Å²) in [6, 6.07) is 12.1. The number of urea groups is 1. The molecule has 1 aliphatic heterocycles. The highest BCUT2D eigenvalue weighted by molar-refractivity contribution is 7.21. The Labute approximate surface area is 234 Å². The number of hydrogen-bond donors (Lipinski definition) is 3. The molecule has 2 aliphatic rings. The molecule has 4 heterocycles. The zero-order valence-corrected chi connectivity index (χ0v) is 22.5. The molecule has 1 aliphatic carbocycles. The van der Waals surface area contributed by atoms with Crippen molar-refractivity contribution in [3.05, 3.63) is 78.0 Å². The highest BCUT2D eigenvalue weighted by atomic mass is 32.1. The average molecular weight is 555 g/mol. The van der Waals surface area contributed by atoms with E-state index in [1.807, 2.05) is 37.3 Å². The summed E-state index contributed by atoms with van der Waals surface area (Å²) in [7, 11) is 0. The molecule has 0 unspecified atom stereocenters. The summed E-state index contributed by atoms with van der Waals surface area (Å²) in [6.45, 7) is 5.38. The zero-order chi connectivity index (χ0) is 27.8. The largest absolute Gasteiger partial charge is 0.439 e. The molecule has 3 aromatic heterocycles. The van der Waals surface area contributed by atoms with Crippen molar-refractivity contribution in [2.24, 2.45) is 0 Å². The fourth-order valence-electron chi connectivity index (χ4n) is 5.19. The number of nitrogens with one attached hydrogen (secondary N) is 3. The van der Waals surface area contributed by atoms with Crippen LogP contribution >= 0.6 is 11.3 Å². The van der Waals surface area contributed by atoms with Crippen molar-refractivity contribution in [1.82, 2.24) is 20.6 Å². The Balaban J connectivity index is 1.30. The predicted octanol–water partition coefficient (Wildman–Crippen LogP) is 5.43. The molecule has 0 bridgehead atoms. The first-order valence-electron chi connectivity index (χ1n) is 12.9. The lowest BCUT2D eigenvalue weighted by atomic mass is 10.1. The van der Waals surface area contributed by atoms with E-state index in [2.05, 4.69) is 32.5 Å². The Morgan fingerprint density at radius 1 is 1.12 bits per heavy atom. The molecule has 11 heteroatoms. The minimum atomic E-state index is -0.411. The van der Waals surface area contributed by atoms with Crippen molar-refractivity contribution in [3.8, 4) is 11.6 Å². The summed E-state index contributed by atoms with van der Waals surface area (Å²) in [5.41, 5.74) is 2.41. The van der Waals surface area contributed by atoms with Crippen molar-refractivity contribution >= 4 is 56.5 Å². The number of nitrogens with zero attached hydrogens (tertiary/aromatic N) is 3. The van der Waals surface area contributed by atoms with Gasteiger partial charge < -0.3 is 20.7 Å². The van der Waals surface area contributed by atoms with Gasteiger partial charge in [-0.3, -0.25) is 14.5 Å². The number of benzene rings is 1. The molecule has 4 aromatic rings. The number of para-hydroxylation sites is 1. The van der Waals surface area contributed by atoms with Crippen LogP contribution in [0.4, 0.5) is 21.9 Å². The van der Waals surface area contributed by atoms with E-state index < -0.39 is 6.03 Å². The SMILES string of the molecule is C=CC(=O)N[C@H]1CCC[C@H]1NC(=O)c1sc2nccc3c2c1NC(=O)N3c1cnc(Oc2ccccc2)cc1C. The molecule has 0 spiro atoms. The van der Waals surface area contributed by atoms with Crippen LogP contribution in [0.3, 0.4) is 0 Å². The number of aromatic nitrogens is 2. The lowest BCUT2D eigenvalue weighted by molar-refractivity contribution is -0.117. The number of thiophene rings is 1. The smallest absolute Gasteiger partial charge is 0.331 e. The van der Waals surface area contributed by atoms with E-state index >= 15 is 0 Å². The molecule has 0 radical (unpaired) electrons. The van der Waals surface area contributed by atoms with E-state index in [0.29, 0.717) is 43.8 Å². The van der Waals surface area contributed by atoms with E-state index in [9.17, 15) is 14.4 Å². The topological polar surface area (TPSA) is 126 Å². The number of rotatable bonds is 7. The van der Waals surface area contributed by atoms with Crippen molar-refractivity contribution in [2.45, 2.75) is 38.3 Å². The summed E-state index contributed by atoms with van der Waals surface area (Å²) >= 11 is 1.22. The van der Waals surface area contributed by atoms with Gasteiger partial charge in [0.25, 0.3) is 5.91 Å². The fourth-order valence-corrected chi connectivity index (χ4v) is 6.21. The molecular weight excluding hydrogens is 528 g/mol. The van der Waals surface area contributed by atoms with Crippen molar-refractivity contribution in [3.63, 3.8) is 0 Å². The van der Waals surface area contributed by atoms with E-state index in [1.54, 1.807) is 24.5 Å². The van der Waals surface area contributed by atoms with E-state index in [4.69, 9.17) is 4.74 Å². The van der Waals surface area contributed by atoms with Crippen LogP contribution < -0.4 is 25.6 Å². The van der Waals surface area contributed by atoms with Gasteiger partial charge >= 0.3 is 6.03 Å². The van der Waals surface area contributed by atoms with Gasteiger partial charge in [0.15, 0.2) is 0 Å². The van der Waals surface area contributed by atoms with Crippen LogP contribution in [-0.2, 0) is 4.79 Å². The zero-order valence-electron chi connectivity index (χ0n) is 21.6. The quantitative estimate of drug-likeness (QED) is 0.262. The number of hydrogen-bond acceptors (Lipinski definition) is 7. The second-order valence-corrected chi connectivity index (χ2v) is 10.6. The van der Waals surface area contributed by atoms with Gasteiger partial charge in [0.1, 0.15) is 15.5 Å². The van der Waals surface area contributed by atoms with Crippen LogP contribution in [0.25, 0.3) is 10.2 Å². The first-order chi connectivity index (χ1) is 19.4. The molecule has 40 heavy (non-hydrogen) atoms. The monoisotopic (exact) mass is 554 g/mol. The molecule has 202 valence electrons.